The summed E-state index contributed by atoms with van der Waals surface area (Å²) in [7, 11) is 0. The molecule has 0 radical (unpaired) electrons. The molecule has 0 fully saturated rings. The molecule has 0 aliphatic heterocycles. The Morgan fingerprint density at radius 1 is 0.973 bits per heavy atom. The van der Waals surface area contributed by atoms with E-state index in [1.165, 1.54) is 12.1 Å². The van der Waals surface area contributed by atoms with Gasteiger partial charge in [-0.15, -0.1) is 0 Å². The van der Waals surface area contributed by atoms with Crippen LogP contribution in [0.1, 0.15) is 65.0 Å². The van der Waals surface area contributed by atoms with Gasteiger partial charge in [0.1, 0.15) is 16.9 Å². The van der Waals surface area contributed by atoms with Crippen molar-refractivity contribution in [2.75, 3.05) is 19.8 Å². The van der Waals surface area contributed by atoms with Crippen LogP contribution in [-0.4, -0.2) is 37.5 Å². The molecule has 8 heteroatoms. The number of benzene rings is 2. The van der Waals surface area contributed by atoms with E-state index in [-0.39, 0.29) is 23.9 Å². The summed E-state index contributed by atoms with van der Waals surface area (Å²) in [4.78, 5) is 48.4. The van der Waals surface area contributed by atoms with Gasteiger partial charge in [0.25, 0.3) is 0 Å². The quantitative estimate of drug-likeness (QED) is 0.107. The van der Waals surface area contributed by atoms with Gasteiger partial charge in [0.2, 0.25) is 0 Å². The van der Waals surface area contributed by atoms with Crippen LogP contribution < -0.4 is 10.4 Å². The summed E-state index contributed by atoms with van der Waals surface area (Å²) in [6.07, 6.45) is 4.74. The molecule has 8 nitrogen and oxygen atoms in total. The van der Waals surface area contributed by atoms with Crippen LogP contribution in [0.25, 0.3) is 17.0 Å². The average molecular weight is 507 g/mol. The topological polar surface area (TPSA) is 109 Å². The van der Waals surface area contributed by atoms with E-state index in [0.29, 0.717) is 59.5 Å². The molecule has 0 atom stereocenters. The summed E-state index contributed by atoms with van der Waals surface area (Å²) in [5, 5.41) is 0.551. The van der Waals surface area contributed by atoms with Gasteiger partial charge in [-0.05, 0) is 86.4 Å². The number of allylic oxidation sites excluding steroid dienone is 1. The van der Waals surface area contributed by atoms with Crippen molar-refractivity contribution in [1.29, 1.82) is 0 Å². The minimum absolute atomic E-state index is 0.142. The summed E-state index contributed by atoms with van der Waals surface area (Å²) in [6, 6.07) is 11.7. The summed E-state index contributed by atoms with van der Waals surface area (Å²) < 4.78 is 20.9. The van der Waals surface area contributed by atoms with E-state index in [2.05, 4.69) is 0 Å². The zero-order valence-corrected chi connectivity index (χ0v) is 21.2. The predicted octanol–water partition coefficient (Wildman–Crippen LogP) is 5.29. The molecule has 0 amide bonds. The SMILES string of the molecule is CCCOC(=O)CCCOc1ccc(C(=O)/C=C/c2cc(C)c3oc(=O)c(C(=O)OCC)cc3c2)cc1. The second-order valence-electron chi connectivity index (χ2n) is 8.32. The number of ether oxygens (including phenoxy) is 3. The van der Waals surface area contributed by atoms with Crippen LogP contribution >= 0.6 is 0 Å². The Kier molecular flexibility index (Phi) is 9.77. The van der Waals surface area contributed by atoms with Crippen molar-refractivity contribution in [2.24, 2.45) is 0 Å². The number of fused-ring (bicyclic) bond motifs is 1. The molecule has 0 aliphatic carbocycles. The Balaban J connectivity index is 1.64. The number of hydrogen-bond donors (Lipinski definition) is 0. The van der Waals surface area contributed by atoms with Crippen LogP contribution in [0.5, 0.6) is 5.75 Å². The number of ketones is 1. The molecular weight excluding hydrogens is 476 g/mol. The number of carbonyl (C=O) groups is 3. The molecule has 0 saturated heterocycles. The van der Waals surface area contributed by atoms with Crippen LogP contribution in [0.4, 0.5) is 0 Å². The third kappa shape index (κ3) is 7.64. The zero-order valence-electron chi connectivity index (χ0n) is 21.2. The molecule has 0 aliphatic rings. The standard InChI is InChI=1S/C29H30O8/c1-4-14-36-26(31)7-6-15-35-23-11-9-21(10-12-23)25(30)13-8-20-16-19(3)27-22(17-20)18-24(29(33)37-27)28(32)34-5-2/h8-13,16-18H,4-7,14-15H2,1-3H3/b13-8+. The number of carbonyl (C=O) groups excluding carboxylic acids is 3. The van der Waals surface area contributed by atoms with Crippen molar-refractivity contribution in [2.45, 2.75) is 40.0 Å². The van der Waals surface area contributed by atoms with Crippen molar-refractivity contribution < 1.29 is 33.0 Å². The van der Waals surface area contributed by atoms with Crippen molar-refractivity contribution in [3.63, 3.8) is 0 Å². The highest BCUT2D eigenvalue weighted by Crippen LogP contribution is 2.22. The van der Waals surface area contributed by atoms with E-state index >= 15 is 0 Å². The first-order chi connectivity index (χ1) is 17.8. The highest BCUT2D eigenvalue weighted by molar-refractivity contribution is 6.07. The Morgan fingerprint density at radius 3 is 2.43 bits per heavy atom. The van der Waals surface area contributed by atoms with Crippen molar-refractivity contribution in [1.82, 2.24) is 0 Å². The second-order valence-corrected chi connectivity index (χ2v) is 8.32. The number of aryl methyl sites for hydroxylation is 1. The largest absolute Gasteiger partial charge is 0.494 e. The fourth-order valence-electron chi connectivity index (χ4n) is 3.56. The van der Waals surface area contributed by atoms with E-state index in [1.807, 2.05) is 6.92 Å². The molecule has 194 valence electrons. The summed E-state index contributed by atoms with van der Waals surface area (Å²) in [5.41, 5.74) is 1.32. The lowest BCUT2D eigenvalue weighted by atomic mass is 10.0. The molecule has 1 aromatic heterocycles. The number of hydrogen-bond acceptors (Lipinski definition) is 8. The average Bonchev–Trinajstić information content (AvgIpc) is 2.89. The fourth-order valence-corrected chi connectivity index (χ4v) is 3.56. The smallest absolute Gasteiger partial charge is 0.351 e. The van der Waals surface area contributed by atoms with Gasteiger partial charge >= 0.3 is 17.6 Å². The van der Waals surface area contributed by atoms with E-state index < -0.39 is 11.6 Å². The van der Waals surface area contributed by atoms with Crippen LogP contribution in [0.15, 0.2) is 57.8 Å². The minimum atomic E-state index is -0.755. The number of esters is 2. The van der Waals surface area contributed by atoms with Crippen LogP contribution in [0.2, 0.25) is 0 Å². The lowest BCUT2D eigenvalue weighted by molar-refractivity contribution is -0.143. The van der Waals surface area contributed by atoms with Gasteiger partial charge in [0.15, 0.2) is 5.78 Å². The molecule has 0 bridgehead atoms. The summed E-state index contributed by atoms with van der Waals surface area (Å²) >= 11 is 0. The maximum atomic E-state index is 12.7. The van der Waals surface area contributed by atoms with Gasteiger partial charge in [-0.25, -0.2) is 9.59 Å². The van der Waals surface area contributed by atoms with Gasteiger partial charge in [-0.2, -0.15) is 0 Å². The maximum Gasteiger partial charge on any atom is 0.351 e. The first-order valence-electron chi connectivity index (χ1n) is 12.2. The minimum Gasteiger partial charge on any atom is -0.494 e. The van der Waals surface area contributed by atoms with Crippen molar-refractivity contribution in [3.8, 4) is 5.75 Å². The van der Waals surface area contributed by atoms with Gasteiger partial charge in [0.05, 0.1) is 19.8 Å². The maximum absolute atomic E-state index is 12.7. The van der Waals surface area contributed by atoms with Gasteiger partial charge in [0, 0.05) is 17.4 Å². The van der Waals surface area contributed by atoms with E-state index in [4.69, 9.17) is 18.6 Å². The molecule has 2 aromatic carbocycles. The Labute approximate surface area is 214 Å². The van der Waals surface area contributed by atoms with Crippen molar-refractivity contribution >= 4 is 34.8 Å². The third-order valence-electron chi connectivity index (χ3n) is 5.36. The lowest BCUT2D eigenvalue weighted by Gasteiger charge is -2.07. The molecule has 1 heterocycles. The first-order valence-corrected chi connectivity index (χ1v) is 12.2. The van der Waals surface area contributed by atoms with E-state index in [1.54, 1.807) is 56.3 Å². The van der Waals surface area contributed by atoms with Crippen LogP contribution in [0.3, 0.4) is 0 Å². The highest BCUT2D eigenvalue weighted by atomic mass is 16.5. The van der Waals surface area contributed by atoms with E-state index in [0.717, 1.165) is 6.42 Å². The van der Waals surface area contributed by atoms with Gasteiger partial charge in [-0.1, -0.05) is 13.0 Å². The number of rotatable bonds is 12. The molecule has 0 saturated carbocycles. The lowest BCUT2D eigenvalue weighted by Crippen LogP contribution is -2.16. The first kappa shape index (κ1) is 27.4. The third-order valence-corrected chi connectivity index (χ3v) is 5.36. The van der Waals surface area contributed by atoms with Crippen LogP contribution in [0, 0.1) is 6.92 Å². The van der Waals surface area contributed by atoms with Crippen LogP contribution in [-0.2, 0) is 14.3 Å². The molecule has 0 spiro atoms. The zero-order chi connectivity index (χ0) is 26.8. The molecule has 0 unspecified atom stereocenters. The summed E-state index contributed by atoms with van der Waals surface area (Å²) in [6.45, 7) is 6.31. The second kappa shape index (κ2) is 13.2. The predicted molar refractivity (Wildman–Crippen MR) is 139 cm³/mol. The van der Waals surface area contributed by atoms with Crippen molar-refractivity contribution in [3.05, 3.63) is 81.2 Å². The monoisotopic (exact) mass is 506 g/mol. The molecule has 0 N–H and O–H groups in total. The normalized spacial score (nSPS) is 11.0. The Morgan fingerprint density at radius 2 is 1.73 bits per heavy atom. The Bertz CT molecular complexity index is 1350. The fraction of sp³-hybridized carbons (Fsp3) is 0.310. The molecule has 3 rings (SSSR count). The molecular formula is C29H30O8. The van der Waals surface area contributed by atoms with Gasteiger partial charge < -0.3 is 18.6 Å². The molecule has 37 heavy (non-hydrogen) atoms. The van der Waals surface area contributed by atoms with E-state index in [9.17, 15) is 19.2 Å². The Hall–Kier alpha value is -4.20. The van der Waals surface area contributed by atoms with Gasteiger partial charge in [-0.3, -0.25) is 9.59 Å². The molecule has 3 aromatic rings. The highest BCUT2D eigenvalue weighted by Gasteiger charge is 2.16. The summed E-state index contributed by atoms with van der Waals surface area (Å²) in [5.74, 6) is -0.570.